The van der Waals surface area contributed by atoms with E-state index in [-0.39, 0.29) is 0 Å². The third-order valence-electron chi connectivity index (χ3n) is 2.49. The van der Waals surface area contributed by atoms with E-state index in [0.717, 1.165) is 6.54 Å². The maximum absolute atomic E-state index is 3.80. The highest BCUT2D eigenvalue weighted by Crippen LogP contribution is 2.43. The molecule has 0 fully saturated rings. The van der Waals surface area contributed by atoms with Gasteiger partial charge in [-0.25, -0.2) is 0 Å². The van der Waals surface area contributed by atoms with Crippen LogP contribution in [0.15, 0.2) is 35.7 Å². The molecule has 1 aliphatic heterocycles. The van der Waals surface area contributed by atoms with Crippen LogP contribution in [0.3, 0.4) is 0 Å². The number of rotatable bonds is 2. The molecule has 1 atom stereocenters. The molecule has 0 saturated heterocycles. The summed E-state index contributed by atoms with van der Waals surface area (Å²) < 4.78 is 0. The maximum Gasteiger partial charge on any atom is 0.0773 e. The van der Waals surface area contributed by atoms with Crippen LogP contribution >= 0.6 is 11.8 Å². The quantitative estimate of drug-likeness (QED) is 0.680. The second-order valence-corrected chi connectivity index (χ2v) is 4.99. The normalized spacial score (nSPS) is 19.6. The maximum atomic E-state index is 3.80. The van der Waals surface area contributed by atoms with Gasteiger partial charge in [0.1, 0.15) is 0 Å². The summed E-state index contributed by atoms with van der Waals surface area (Å²) in [7, 11) is 0. The van der Waals surface area contributed by atoms with Gasteiger partial charge in [0.15, 0.2) is 0 Å². The first-order valence-corrected chi connectivity index (χ1v) is 5.75. The van der Waals surface area contributed by atoms with Gasteiger partial charge in [-0.05, 0) is 31.5 Å². The molecule has 1 aromatic carbocycles. The monoisotopic (exact) mass is 205 g/mol. The molecular formula is C12H15NS. The van der Waals surface area contributed by atoms with Gasteiger partial charge in [0, 0.05) is 11.4 Å². The Morgan fingerprint density at radius 2 is 2.36 bits per heavy atom. The molecule has 0 N–H and O–H groups in total. The Morgan fingerprint density at radius 1 is 1.57 bits per heavy atom. The minimum absolute atomic E-state index is 0.532. The first-order chi connectivity index (χ1) is 6.72. The third-order valence-corrected chi connectivity index (χ3v) is 3.68. The molecule has 0 spiro atoms. The summed E-state index contributed by atoms with van der Waals surface area (Å²) in [5.41, 5.74) is 2.69. The number of nitrogens with zero attached hydrogens (tertiary/aromatic N) is 1. The summed E-state index contributed by atoms with van der Waals surface area (Å²) >= 11 is 1.93. The fourth-order valence-electron chi connectivity index (χ4n) is 1.78. The van der Waals surface area contributed by atoms with E-state index >= 15 is 0 Å². The molecule has 1 aromatic rings. The second kappa shape index (κ2) is 3.70. The molecule has 0 radical (unpaired) electrons. The van der Waals surface area contributed by atoms with E-state index in [1.807, 2.05) is 17.8 Å². The minimum Gasteiger partial charge on any atom is -0.355 e. The average molecular weight is 205 g/mol. The van der Waals surface area contributed by atoms with E-state index in [1.165, 1.54) is 16.1 Å². The van der Waals surface area contributed by atoms with Crippen molar-refractivity contribution in [2.24, 2.45) is 0 Å². The molecule has 1 nitrogen and oxygen atoms in total. The van der Waals surface area contributed by atoms with Gasteiger partial charge in [-0.1, -0.05) is 23.9 Å². The van der Waals surface area contributed by atoms with Crippen molar-refractivity contribution in [2.45, 2.75) is 24.1 Å². The first-order valence-electron chi connectivity index (χ1n) is 4.87. The van der Waals surface area contributed by atoms with Crippen LogP contribution < -0.4 is 4.90 Å². The Kier molecular flexibility index (Phi) is 2.55. The predicted molar refractivity (Wildman–Crippen MR) is 64.0 cm³/mol. The van der Waals surface area contributed by atoms with Gasteiger partial charge >= 0.3 is 0 Å². The number of hydrogen-bond donors (Lipinski definition) is 0. The lowest BCUT2D eigenvalue weighted by Gasteiger charge is -2.21. The van der Waals surface area contributed by atoms with Crippen LogP contribution in [-0.4, -0.2) is 11.9 Å². The lowest BCUT2D eigenvalue weighted by Crippen LogP contribution is -2.26. The summed E-state index contributed by atoms with van der Waals surface area (Å²) in [4.78, 5) is 3.78. The number of hydrogen-bond acceptors (Lipinski definition) is 2. The number of benzene rings is 1. The number of thioether (sulfide) groups is 1. The molecule has 0 aromatic heterocycles. The average Bonchev–Trinajstić information content (AvgIpc) is 2.45. The van der Waals surface area contributed by atoms with E-state index in [1.54, 1.807) is 0 Å². The van der Waals surface area contributed by atoms with Crippen LogP contribution in [0.1, 0.15) is 12.5 Å². The predicted octanol–water partition coefficient (Wildman–Crippen LogP) is 3.44. The Morgan fingerprint density at radius 3 is 3.07 bits per heavy atom. The summed E-state index contributed by atoms with van der Waals surface area (Å²) in [6.07, 6.45) is 1.97. The van der Waals surface area contributed by atoms with E-state index in [9.17, 15) is 0 Å². The summed E-state index contributed by atoms with van der Waals surface area (Å²) in [5.74, 6) is 0. The van der Waals surface area contributed by atoms with Gasteiger partial charge in [-0.15, -0.1) is 6.58 Å². The second-order valence-electron chi connectivity index (χ2n) is 3.63. The number of aryl methyl sites for hydroxylation is 1. The third kappa shape index (κ3) is 1.55. The molecule has 0 aliphatic carbocycles. The summed E-state index contributed by atoms with van der Waals surface area (Å²) in [6, 6.07) is 6.65. The molecule has 1 heterocycles. The van der Waals surface area contributed by atoms with Crippen LogP contribution in [0.5, 0.6) is 0 Å². The molecule has 0 amide bonds. The highest BCUT2D eigenvalue weighted by Gasteiger charge is 2.25. The van der Waals surface area contributed by atoms with Crippen LogP contribution in [0, 0.1) is 6.92 Å². The van der Waals surface area contributed by atoms with Crippen molar-refractivity contribution in [3.8, 4) is 0 Å². The van der Waals surface area contributed by atoms with Gasteiger partial charge in [-0.3, -0.25) is 0 Å². The lowest BCUT2D eigenvalue weighted by molar-refractivity contribution is 0.868. The van der Waals surface area contributed by atoms with Crippen molar-refractivity contribution in [1.29, 1.82) is 0 Å². The van der Waals surface area contributed by atoms with Gasteiger partial charge in [-0.2, -0.15) is 0 Å². The molecule has 2 heteroatoms. The topological polar surface area (TPSA) is 3.24 Å². The van der Waals surface area contributed by atoms with Crippen molar-refractivity contribution in [1.82, 2.24) is 0 Å². The fourth-order valence-corrected chi connectivity index (χ4v) is 2.92. The zero-order valence-corrected chi connectivity index (χ0v) is 9.47. The summed E-state index contributed by atoms with van der Waals surface area (Å²) in [5, 5.41) is 0.532. The van der Waals surface area contributed by atoms with E-state index in [4.69, 9.17) is 0 Å². The van der Waals surface area contributed by atoms with Crippen molar-refractivity contribution < 1.29 is 0 Å². The van der Waals surface area contributed by atoms with E-state index in [0.29, 0.717) is 5.37 Å². The van der Waals surface area contributed by atoms with Crippen molar-refractivity contribution in [3.63, 3.8) is 0 Å². The zero-order valence-electron chi connectivity index (χ0n) is 8.66. The van der Waals surface area contributed by atoms with Crippen LogP contribution in [-0.2, 0) is 0 Å². The van der Waals surface area contributed by atoms with Gasteiger partial charge in [0.05, 0.1) is 11.1 Å². The smallest absolute Gasteiger partial charge is 0.0773 e. The molecule has 1 unspecified atom stereocenters. The molecular weight excluding hydrogens is 190 g/mol. The van der Waals surface area contributed by atoms with E-state index in [2.05, 4.69) is 43.5 Å². The van der Waals surface area contributed by atoms with Crippen molar-refractivity contribution in [3.05, 3.63) is 36.4 Å². The number of fused-ring (bicyclic) bond motifs is 1. The minimum atomic E-state index is 0.532. The fraction of sp³-hybridized carbons (Fsp3) is 0.333. The van der Waals surface area contributed by atoms with E-state index < -0.39 is 0 Å². The highest BCUT2D eigenvalue weighted by molar-refractivity contribution is 8.00. The molecule has 14 heavy (non-hydrogen) atoms. The van der Waals surface area contributed by atoms with Crippen molar-refractivity contribution in [2.75, 3.05) is 11.4 Å². The zero-order chi connectivity index (χ0) is 10.1. The van der Waals surface area contributed by atoms with Crippen LogP contribution in [0.4, 0.5) is 5.69 Å². The first kappa shape index (κ1) is 9.66. The molecule has 0 saturated carbocycles. The van der Waals surface area contributed by atoms with Crippen molar-refractivity contribution >= 4 is 17.4 Å². The standard InChI is InChI=1S/C12H15NS/c1-4-7-13-10(3)14-12-6-5-9(2)8-11(12)13/h4-6,8,10H,1,7H2,2-3H3. The molecule has 0 bridgehead atoms. The largest absolute Gasteiger partial charge is 0.355 e. The molecule has 1 aliphatic rings. The van der Waals surface area contributed by atoms with Gasteiger partial charge < -0.3 is 4.90 Å². The Labute approximate surface area is 89.8 Å². The Balaban J connectivity index is 2.39. The molecule has 74 valence electrons. The Hall–Kier alpha value is -0.890. The SMILES string of the molecule is C=CCN1c2cc(C)ccc2SC1C. The van der Waals surface area contributed by atoms with Crippen LogP contribution in [0.2, 0.25) is 0 Å². The van der Waals surface area contributed by atoms with Gasteiger partial charge in [0.25, 0.3) is 0 Å². The molecule has 2 rings (SSSR count). The summed E-state index contributed by atoms with van der Waals surface area (Å²) in [6.45, 7) is 9.12. The highest BCUT2D eigenvalue weighted by atomic mass is 32.2. The van der Waals surface area contributed by atoms with Gasteiger partial charge in [0.2, 0.25) is 0 Å². The van der Waals surface area contributed by atoms with Crippen LogP contribution in [0.25, 0.3) is 0 Å². The lowest BCUT2D eigenvalue weighted by atomic mass is 10.2. The number of anilines is 1. The Bertz CT molecular complexity index is 359.